The highest BCUT2D eigenvalue weighted by Gasteiger charge is 2.13. The predicted molar refractivity (Wildman–Crippen MR) is 90.7 cm³/mol. The smallest absolute Gasteiger partial charge is 0.122 e. The summed E-state index contributed by atoms with van der Waals surface area (Å²) in [5, 5.41) is 0.740. The molecule has 0 saturated carbocycles. The second-order valence-electron chi connectivity index (χ2n) is 4.82. The van der Waals surface area contributed by atoms with Gasteiger partial charge in [0.2, 0.25) is 0 Å². The van der Waals surface area contributed by atoms with Crippen LogP contribution >= 0.6 is 27.5 Å². The summed E-state index contributed by atoms with van der Waals surface area (Å²) in [7, 11) is 1.68. The zero-order valence-corrected chi connectivity index (χ0v) is 14.1. The van der Waals surface area contributed by atoms with Crippen LogP contribution in [-0.4, -0.2) is 13.2 Å². The molecule has 0 aliphatic heterocycles. The Morgan fingerprint density at radius 3 is 2.57 bits per heavy atom. The minimum Gasteiger partial charge on any atom is -0.496 e. The summed E-state index contributed by atoms with van der Waals surface area (Å²) in [5.74, 6) is 6.57. The molecule has 3 nitrogen and oxygen atoms in total. The monoisotopic (exact) mass is 368 g/mol. The van der Waals surface area contributed by atoms with Crippen molar-refractivity contribution in [3.63, 3.8) is 0 Å². The van der Waals surface area contributed by atoms with E-state index in [1.54, 1.807) is 7.11 Å². The zero-order chi connectivity index (χ0) is 15.2. The first-order chi connectivity index (χ1) is 10.1. The Balaban J connectivity index is 2.13. The molecule has 0 fully saturated rings. The molecule has 0 aromatic heterocycles. The van der Waals surface area contributed by atoms with Crippen LogP contribution in [0.25, 0.3) is 0 Å². The topological polar surface area (TPSA) is 47.3 Å². The van der Waals surface area contributed by atoms with Gasteiger partial charge in [-0.2, -0.15) is 0 Å². The number of para-hydroxylation sites is 1. The van der Waals surface area contributed by atoms with E-state index in [1.165, 1.54) is 0 Å². The molecule has 0 amide bonds. The number of hydrogen-bond acceptors (Lipinski definition) is 3. The first-order valence-electron chi connectivity index (χ1n) is 6.66. The molecule has 0 heterocycles. The molecular formula is C16H18BrClN2O. The van der Waals surface area contributed by atoms with Gasteiger partial charge in [0.05, 0.1) is 7.11 Å². The van der Waals surface area contributed by atoms with Gasteiger partial charge in [0, 0.05) is 15.5 Å². The molecule has 112 valence electrons. The first kappa shape index (κ1) is 16.3. The summed E-state index contributed by atoms with van der Waals surface area (Å²) >= 11 is 9.68. The van der Waals surface area contributed by atoms with Crippen molar-refractivity contribution in [3.8, 4) is 5.75 Å². The average molecular weight is 370 g/mol. The van der Waals surface area contributed by atoms with Crippen molar-refractivity contribution in [2.75, 3.05) is 7.11 Å². The minimum absolute atomic E-state index is 0.0833. The van der Waals surface area contributed by atoms with Gasteiger partial charge in [-0.25, -0.2) is 0 Å². The molecule has 2 rings (SSSR count). The van der Waals surface area contributed by atoms with Gasteiger partial charge < -0.3 is 4.74 Å². The van der Waals surface area contributed by atoms with E-state index in [1.807, 2.05) is 42.5 Å². The summed E-state index contributed by atoms with van der Waals surface area (Å²) in [6.07, 6.45) is 1.52. The predicted octanol–water partition coefficient (Wildman–Crippen LogP) is 3.73. The lowest BCUT2D eigenvalue weighted by Crippen LogP contribution is -2.38. The second kappa shape index (κ2) is 7.80. The molecule has 0 bridgehead atoms. The van der Waals surface area contributed by atoms with E-state index in [0.29, 0.717) is 0 Å². The number of benzene rings is 2. The number of ether oxygens (including phenoxy) is 1. The van der Waals surface area contributed by atoms with Crippen molar-refractivity contribution in [1.82, 2.24) is 5.43 Å². The molecule has 0 radical (unpaired) electrons. The van der Waals surface area contributed by atoms with Crippen molar-refractivity contribution >= 4 is 27.5 Å². The summed E-state index contributed by atoms with van der Waals surface area (Å²) < 4.78 is 6.35. The summed E-state index contributed by atoms with van der Waals surface area (Å²) in [6.45, 7) is 0. The van der Waals surface area contributed by atoms with Gasteiger partial charge in [-0.05, 0) is 42.2 Å². The molecule has 0 aliphatic rings. The van der Waals surface area contributed by atoms with E-state index in [4.69, 9.17) is 22.2 Å². The average Bonchev–Trinajstić information content (AvgIpc) is 2.49. The van der Waals surface area contributed by atoms with Crippen molar-refractivity contribution in [3.05, 3.63) is 63.1 Å². The number of hydrazine groups is 1. The van der Waals surface area contributed by atoms with Crippen LogP contribution < -0.4 is 16.0 Å². The lowest BCUT2D eigenvalue weighted by atomic mass is 9.99. The lowest BCUT2D eigenvalue weighted by Gasteiger charge is -2.18. The molecular weight excluding hydrogens is 352 g/mol. The van der Waals surface area contributed by atoms with Crippen LogP contribution in [0.1, 0.15) is 11.1 Å². The number of hydrogen-bond donors (Lipinski definition) is 2. The quantitative estimate of drug-likeness (QED) is 0.602. The third-order valence-electron chi connectivity index (χ3n) is 3.38. The van der Waals surface area contributed by atoms with Crippen LogP contribution in [-0.2, 0) is 12.8 Å². The Hall–Kier alpha value is -1.07. The molecule has 5 heteroatoms. The molecule has 21 heavy (non-hydrogen) atoms. The van der Waals surface area contributed by atoms with E-state index in [-0.39, 0.29) is 6.04 Å². The Labute approximate surface area is 138 Å². The molecule has 1 atom stereocenters. The van der Waals surface area contributed by atoms with Gasteiger partial charge in [0.25, 0.3) is 0 Å². The zero-order valence-electron chi connectivity index (χ0n) is 11.8. The highest BCUT2D eigenvalue weighted by atomic mass is 79.9. The van der Waals surface area contributed by atoms with E-state index >= 15 is 0 Å². The third-order valence-corrected chi connectivity index (χ3v) is 4.22. The van der Waals surface area contributed by atoms with Crippen molar-refractivity contribution in [2.45, 2.75) is 18.9 Å². The number of methoxy groups -OCH3 is 1. The number of nitrogens with one attached hydrogen (secondary N) is 1. The molecule has 0 spiro atoms. The normalized spacial score (nSPS) is 12.2. The summed E-state index contributed by atoms with van der Waals surface area (Å²) in [4.78, 5) is 0. The van der Waals surface area contributed by atoms with Crippen LogP contribution in [0, 0.1) is 0 Å². The molecule has 0 aliphatic carbocycles. The minimum atomic E-state index is 0.0833. The van der Waals surface area contributed by atoms with Crippen LogP contribution in [0.5, 0.6) is 5.75 Å². The van der Waals surface area contributed by atoms with Gasteiger partial charge in [0.15, 0.2) is 0 Å². The maximum absolute atomic E-state index is 6.27. The fraction of sp³-hybridized carbons (Fsp3) is 0.250. The molecule has 0 saturated heterocycles. The lowest BCUT2D eigenvalue weighted by molar-refractivity contribution is 0.404. The SMILES string of the molecule is COc1ccccc1CC(Cc1ccc(Br)cc1Cl)NN. The molecule has 1 unspecified atom stereocenters. The van der Waals surface area contributed by atoms with Crippen molar-refractivity contribution in [1.29, 1.82) is 0 Å². The van der Waals surface area contributed by atoms with Gasteiger partial charge in [0.1, 0.15) is 5.75 Å². The van der Waals surface area contributed by atoms with E-state index in [0.717, 1.165) is 39.2 Å². The fourth-order valence-electron chi connectivity index (χ4n) is 2.28. The summed E-state index contributed by atoms with van der Waals surface area (Å²) in [6, 6.07) is 13.9. The molecule has 2 aromatic rings. The molecule has 2 aromatic carbocycles. The Bertz CT molecular complexity index is 607. The fourth-order valence-corrected chi connectivity index (χ4v) is 3.03. The maximum Gasteiger partial charge on any atom is 0.122 e. The maximum atomic E-state index is 6.27. The van der Waals surface area contributed by atoms with Crippen LogP contribution in [0.15, 0.2) is 46.9 Å². The summed E-state index contributed by atoms with van der Waals surface area (Å²) in [5.41, 5.74) is 5.06. The largest absolute Gasteiger partial charge is 0.496 e. The first-order valence-corrected chi connectivity index (χ1v) is 7.83. The Kier molecular flexibility index (Phi) is 6.06. The molecule has 3 N–H and O–H groups in total. The highest BCUT2D eigenvalue weighted by molar-refractivity contribution is 9.10. The van der Waals surface area contributed by atoms with E-state index in [2.05, 4.69) is 21.4 Å². The van der Waals surface area contributed by atoms with Crippen molar-refractivity contribution < 1.29 is 4.74 Å². The Morgan fingerprint density at radius 1 is 1.19 bits per heavy atom. The van der Waals surface area contributed by atoms with Crippen LogP contribution in [0.2, 0.25) is 5.02 Å². The highest BCUT2D eigenvalue weighted by Crippen LogP contribution is 2.24. The van der Waals surface area contributed by atoms with Crippen LogP contribution in [0.3, 0.4) is 0 Å². The van der Waals surface area contributed by atoms with Gasteiger partial charge in [-0.15, -0.1) is 0 Å². The van der Waals surface area contributed by atoms with Gasteiger partial charge in [-0.3, -0.25) is 11.3 Å². The van der Waals surface area contributed by atoms with Crippen molar-refractivity contribution in [2.24, 2.45) is 5.84 Å². The number of rotatable bonds is 6. The van der Waals surface area contributed by atoms with Gasteiger partial charge >= 0.3 is 0 Å². The number of nitrogens with two attached hydrogens (primary N) is 1. The standard InChI is InChI=1S/C16H18BrClN2O/c1-21-16-5-3-2-4-12(16)9-14(20-19)8-11-6-7-13(17)10-15(11)18/h2-7,10,14,20H,8-9,19H2,1H3. The number of halogens is 2. The van der Waals surface area contributed by atoms with E-state index in [9.17, 15) is 0 Å². The van der Waals surface area contributed by atoms with E-state index < -0.39 is 0 Å². The Morgan fingerprint density at radius 2 is 1.90 bits per heavy atom. The second-order valence-corrected chi connectivity index (χ2v) is 6.14. The third kappa shape index (κ3) is 4.45. The van der Waals surface area contributed by atoms with Crippen LogP contribution in [0.4, 0.5) is 0 Å². The van der Waals surface area contributed by atoms with Gasteiger partial charge in [-0.1, -0.05) is 51.8 Å².